The van der Waals surface area contributed by atoms with Crippen molar-refractivity contribution in [2.75, 3.05) is 18.6 Å². The SMILES string of the molecule is CCN(c1cccc2c1C/C=C\CCc1cc(C)nc(OC)c1CNC2=O)[C@H]1CC[C@@H](N(C(=O)O)C(C)(C)C)CC1. The summed E-state index contributed by atoms with van der Waals surface area (Å²) in [6, 6.07) is 8.41. The van der Waals surface area contributed by atoms with Gasteiger partial charge in [0.05, 0.1) is 7.11 Å². The van der Waals surface area contributed by atoms with Crippen LogP contribution in [0.4, 0.5) is 10.5 Å². The zero-order valence-corrected chi connectivity index (χ0v) is 25.5. The number of nitrogens with one attached hydrogen (secondary N) is 1. The molecule has 222 valence electrons. The van der Waals surface area contributed by atoms with E-state index in [0.717, 1.165) is 73.1 Å². The van der Waals surface area contributed by atoms with Crippen LogP contribution in [-0.2, 0) is 19.4 Å². The number of carbonyl (C=O) groups excluding carboxylic acids is 1. The Labute approximate surface area is 244 Å². The minimum Gasteiger partial charge on any atom is -0.481 e. The number of rotatable bonds is 5. The van der Waals surface area contributed by atoms with Crippen molar-refractivity contribution >= 4 is 17.7 Å². The molecule has 1 aliphatic heterocycles. The minimum absolute atomic E-state index is 0.0191. The molecule has 2 aromatic rings. The summed E-state index contributed by atoms with van der Waals surface area (Å²) in [7, 11) is 1.62. The van der Waals surface area contributed by atoms with Crippen LogP contribution in [0.15, 0.2) is 36.4 Å². The first kappa shape index (κ1) is 30.4. The number of carbonyl (C=O) groups is 2. The number of hydrogen-bond acceptors (Lipinski definition) is 5. The normalized spacial score (nSPS) is 20.4. The van der Waals surface area contributed by atoms with Crippen LogP contribution < -0.4 is 15.0 Å². The number of methoxy groups -OCH3 is 1. The maximum atomic E-state index is 13.6. The molecule has 8 heteroatoms. The number of amides is 2. The molecule has 1 aromatic heterocycles. The quantitative estimate of drug-likeness (QED) is 0.416. The highest BCUT2D eigenvalue weighted by Gasteiger charge is 2.37. The molecule has 0 spiro atoms. The molecule has 2 heterocycles. The third-order valence-corrected chi connectivity index (χ3v) is 8.44. The molecule has 1 aliphatic carbocycles. The third-order valence-electron chi connectivity index (χ3n) is 8.44. The first-order valence-electron chi connectivity index (χ1n) is 14.9. The van der Waals surface area contributed by atoms with Crippen LogP contribution in [-0.4, -0.2) is 58.3 Å². The van der Waals surface area contributed by atoms with Crippen molar-refractivity contribution < 1.29 is 19.4 Å². The van der Waals surface area contributed by atoms with Gasteiger partial charge in [-0.25, -0.2) is 9.78 Å². The van der Waals surface area contributed by atoms with E-state index in [9.17, 15) is 14.7 Å². The minimum atomic E-state index is -0.847. The number of pyridine rings is 1. The molecule has 2 N–H and O–H groups in total. The predicted molar refractivity (Wildman–Crippen MR) is 163 cm³/mol. The lowest BCUT2D eigenvalue weighted by Gasteiger charge is -2.45. The second-order valence-electron chi connectivity index (χ2n) is 12.2. The Morgan fingerprint density at radius 2 is 1.83 bits per heavy atom. The van der Waals surface area contributed by atoms with E-state index < -0.39 is 11.6 Å². The Hall–Kier alpha value is -3.55. The number of nitrogens with zero attached hydrogens (tertiary/aromatic N) is 3. The topological polar surface area (TPSA) is 95.0 Å². The van der Waals surface area contributed by atoms with Crippen LogP contribution >= 0.6 is 0 Å². The largest absolute Gasteiger partial charge is 0.481 e. The second-order valence-corrected chi connectivity index (χ2v) is 12.2. The third kappa shape index (κ3) is 6.85. The number of allylic oxidation sites excluding steroid dienone is 2. The second kappa shape index (κ2) is 13.0. The van der Waals surface area contributed by atoms with E-state index in [0.29, 0.717) is 24.4 Å². The lowest BCUT2D eigenvalue weighted by Crippen LogP contribution is -2.53. The lowest BCUT2D eigenvalue weighted by molar-refractivity contribution is 0.0545. The zero-order valence-electron chi connectivity index (χ0n) is 25.5. The van der Waals surface area contributed by atoms with Crippen molar-refractivity contribution in [3.63, 3.8) is 0 Å². The summed E-state index contributed by atoms with van der Waals surface area (Å²) in [5.74, 6) is 0.461. The Balaban J connectivity index is 1.60. The summed E-state index contributed by atoms with van der Waals surface area (Å²) in [5, 5.41) is 13.1. The van der Waals surface area contributed by atoms with Gasteiger partial charge in [0, 0.05) is 53.2 Å². The number of aromatic nitrogens is 1. The molecular weight excluding hydrogens is 516 g/mol. The molecule has 0 atom stereocenters. The molecule has 41 heavy (non-hydrogen) atoms. The van der Waals surface area contributed by atoms with Crippen LogP contribution in [0.2, 0.25) is 0 Å². The van der Waals surface area contributed by atoms with Crippen molar-refractivity contribution in [3.05, 3.63) is 64.4 Å². The Morgan fingerprint density at radius 1 is 1.12 bits per heavy atom. The van der Waals surface area contributed by atoms with E-state index in [1.165, 1.54) is 0 Å². The van der Waals surface area contributed by atoms with Crippen LogP contribution in [0.1, 0.15) is 92.5 Å². The van der Waals surface area contributed by atoms with E-state index in [1.807, 2.05) is 39.8 Å². The summed E-state index contributed by atoms with van der Waals surface area (Å²) < 4.78 is 5.59. The number of ether oxygens (including phenoxy) is 1. The molecule has 0 bridgehead atoms. The molecule has 2 aliphatic rings. The van der Waals surface area contributed by atoms with Gasteiger partial charge < -0.3 is 25.0 Å². The van der Waals surface area contributed by atoms with Crippen molar-refractivity contribution in [3.8, 4) is 5.88 Å². The number of anilines is 1. The van der Waals surface area contributed by atoms with E-state index in [-0.39, 0.29) is 18.0 Å². The van der Waals surface area contributed by atoms with Gasteiger partial charge >= 0.3 is 6.09 Å². The molecule has 1 aromatic carbocycles. The maximum Gasteiger partial charge on any atom is 0.407 e. The summed E-state index contributed by atoms with van der Waals surface area (Å²) in [6.07, 6.45) is 9.43. The highest BCUT2D eigenvalue weighted by Crippen LogP contribution is 2.35. The molecule has 2 amide bonds. The average Bonchev–Trinajstić information content (AvgIpc) is 2.91. The van der Waals surface area contributed by atoms with Crippen molar-refractivity contribution in [1.29, 1.82) is 0 Å². The maximum absolute atomic E-state index is 13.6. The Morgan fingerprint density at radius 3 is 2.46 bits per heavy atom. The summed E-state index contributed by atoms with van der Waals surface area (Å²) in [6.45, 7) is 11.2. The van der Waals surface area contributed by atoms with Gasteiger partial charge in [0.2, 0.25) is 5.88 Å². The summed E-state index contributed by atoms with van der Waals surface area (Å²) >= 11 is 0. The highest BCUT2D eigenvalue weighted by molar-refractivity contribution is 5.97. The van der Waals surface area contributed by atoms with E-state index in [1.54, 1.807) is 12.0 Å². The van der Waals surface area contributed by atoms with Gasteiger partial charge in [-0.1, -0.05) is 18.2 Å². The van der Waals surface area contributed by atoms with E-state index in [4.69, 9.17) is 4.74 Å². The van der Waals surface area contributed by atoms with Crippen LogP contribution in [0.3, 0.4) is 0 Å². The van der Waals surface area contributed by atoms with Gasteiger partial charge in [-0.3, -0.25) is 4.79 Å². The van der Waals surface area contributed by atoms with Crippen molar-refractivity contribution in [2.24, 2.45) is 0 Å². The fourth-order valence-corrected chi connectivity index (χ4v) is 6.65. The molecule has 0 saturated heterocycles. The standard InChI is InChI=1S/C33H46N4O4/c1-7-36(24-16-18-25(19-17-24)37(32(39)40)33(3,4)5)29-15-11-14-27-26(29)13-10-8-9-12-23-20-22(2)35-31(41-6)28(23)21-34-30(27)38/h8,10-11,14-15,20,24-25H,7,9,12-13,16-19,21H2,1-6H3,(H,34,38)(H,39,40)/b10-8-/t24-,25+. The van der Waals surface area contributed by atoms with Crippen LogP contribution in [0.25, 0.3) is 0 Å². The van der Waals surface area contributed by atoms with Crippen molar-refractivity contribution in [2.45, 2.75) is 104 Å². The van der Waals surface area contributed by atoms with Gasteiger partial charge in [-0.15, -0.1) is 0 Å². The fourth-order valence-electron chi connectivity index (χ4n) is 6.65. The van der Waals surface area contributed by atoms with E-state index >= 15 is 0 Å². The number of aryl methyl sites for hydroxylation is 2. The Bertz CT molecular complexity index is 1270. The smallest absolute Gasteiger partial charge is 0.407 e. The van der Waals surface area contributed by atoms with Gasteiger partial charge in [-0.05, 0) is 109 Å². The number of benzene rings is 1. The monoisotopic (exact) mass is 562 g/mol. The van der Waals surface area contributed by atoms with Gasteiger partial charge in [0.15, 0.2) is 0 Å². The number of fused-ring (bicyclic) bond motifs is 2. The van der Waals surface area contributed by atoms with Crippen molar-refractivity contribution in [1.82, 2.24) is 15.2 Å². The molecule has 1 fully saturated rings. The van der Waals surface area contributed by atoms with Crippen LogP contribution in [0.5, 0.6) is 5.88 Å². The fraction of sp³-hybridized carbons (Fsp3) is 0.545. The molecule has 4 rings (SSSR count). The average molecular weight is 563 g/mol. The molecular formula is C33H46N4O4. The Kier molecular flexibility index (Phi) is 9.61. The number of carboxylic acid groups (broad SMARTS) is 1. The predicted octanol–water partition coefficient (Wildman–Crippen LogP) is 6.29. The first-order chi connectivity index (χ1) is 19.5. The number of hydrogen-bond donors (Lipinski definition) is 2. The lowest BCUT2D eigenvalue weighted by atomic mass is 9.86. The van der Waals surface area contributed by atoms with Gasteiger partial charge in [0.25, 0.3) is 5.91 Å². The first-order valence-corrected chi connectivity index (χ1v) is 14.9. The van der Waals surface area contributed by atoms with Gasteiger partial charge in [-0.2, -0.15) is 0 Å². The molecule has 1 saturated carbocycles. The summed E-state index contributed by atoms with van der Waals surface area (Å²) in [4.78, 5) is 34.3. The zero-order chi connectivity index (χ0) is 29.7. The van der Waals surface area contributed by atoms with E-state index in [2.05, 4.69) is 46.4 Å². The molecule has 0 unspecified atom stereocenters. The van der Waals surface area contributed by atoms with Crippen LogP contribution in [0, 0.1) is 6.92 Å². The highest BCUT2D eigenvalue weighted by atomic mass is 16.5. The molecule has 0 radical (unpaired) electrons. The summed E-state index contributed by atoms with van der Waals surface area (Å²) in [5.41, 5.74) is 5.35. The van der Waals surface area contributed by atoms with Gasteiger partial charge in [0.1, 0.15) is 0 Å². The molecule has 8 nitrogen and oxygen atoms in total.